The second kappa shape index (κ2) is 12.0. The molecule has 0 saturated heterocycles. The van der Waals surface area contributed by atoms with Crippen LogP contribution in [0.3, 0.4) is 0 Å². The highest BCUT2D eigenvalue weighted by atomic mass is 16.5. The first-order chi connectivity index (χ1) is 13.2. The second-order valence-corrected chi connectivity index (χ2v) is 6.60. The van der Waals surface area contributed by atoms with Gasteiger partial charge in [0.15, 0.2) is 0 Å². The maximum Gasteiger partial charge on any atom is 0.337 e. The SMILES string of the molecule is COC(=O)c1ccc(C(CC=O)CCCCCOCc2ccccc2)cc1. The minimum absolute atomic E-state index is 0.194. The third-order valence-electron chi connectivity index (χ3n) is 4.64. The van der Waals surface area contributed by atoms with Gasteiger partial charge in [0.25, 0.3) is 0 Å². The van der Waals surface area contributed by atoms with Crippen molar-refractivity contribution >= 4 is 12.3 Å². The third-order valence-corrected chi connectivity index (χ3v) is 4.64. The highest BCUT2D eigenvalue weighted by molar-refractivity contribution is 5.89. The smallest absolute Gasteiger partial charge is 0.337 e. The van der Waals surface area contributed by atoms with Crippen LogP contribution in [0.15, 0.2) is 54.6 Å². The van der Waals surface area contributed by atoms with E-state index in [4.69, 9.17) is 9.47 Å². The van der Waals surface area contributed by atoms with Gasteiger partial charge in [0, 0.05) is 13.0 Å². The summed E-state index contributed by atoms with van der Waals surface area (Å²) in [6.07, 6.45) is 5.57. The monoisotopic (exact) mass is 368 g/mol. The predicted molar refractivity (Wildman–Crippen MR) is 106 cm³/mol. The molecule has 0 aromatic heterocycles. The van der Waals surface area contributed by atoms with Crippen LogP contribution in [0.2, 0.25) is 0 Å². The van der Waals surface area contributed by atoms with E-state index in [0.29, 0.717) is 18.6 Å². The molecule has 0 aliphatic carbocycles. The van der Waals surface area contributed by atoms with Gasteiger partial charge in [0.2, 0.25) is 0 Å². The van der Waals surface area contributed by atoms with Crippen molar-refractivity contribution in [2.45, 2.75) is 44.6 Å². The number of hydrogen-bond acceptors (Lipinski definition) is 4. The van der Waals surface area contributed by atoms with Gasteiger partial charge in [-0.05, 0) is 42.0 Å². The maximum absolute atomic E-state index is 11.5. The number of unbranched alkanes of at least 4 members (excludes halogenated alkanes) is 2. The molecule has 1 atom stereocenters. The number of carbonyl (C=O) groups is 2. The Morgan fingerprint density at radius 2 is 1.74 bits per heavy atom. The molecule has 0 radical (unpaired) electrons. The van der Waals surface area contributed by atoms with Gasteiger partial charge in [-0.2, -0.15) is 0 Å². The van der Waals surface area contributed by atoms with Crippen LogP contribution in [0.5, 0.6) is 0 Å². The average Bonchev–Trinajstić information content (AvgIpc) is 2.72. The summed E-state index contributed by atoms with van der Waals surface area (Å²) in [4.78, 5) is 22.5. The average molecular weight is 368 g/mol. The summed E-state index contributed by atoms with van der Waals surface area (Å²) in [5.41, 5.74) is 2.82. The molecule has 0 heterocycles. The summed E-state index contributed by atoms with van der Waals surface area (Å²) in [7, 11) is 1.37. The van der Waals surface area contributed by atoms with Crippen LogP contribution in [0.1, 0.15) is 59.5 Å². The Hall–Kier alpha value is -2.46. The topological polar surface area (TPSA) is 52.6 Å². The fourth-order valence-electron chi connectivity index (χ4n) is 3.08. The number of hydrogen-bond donors (Lipinski definition) is 0. The number of ether oxygens (including phenoxy) is 2. The Balaban J connectivity index is 1.69. The highest BCUT2D eigenvalue weighted by Crippen LogP contribution is 2.25. The Labute approximate surface area is 161 Å². The Kier molecular flexibility index (Phi) is 9.28. The van der Waals surface area contributed by atoms with Gasteiger partial charge in [0.1, 0.15) is 6.29 Å². The normalized spacial score (nSPS) is 11.7. The summed E-state index contributed by atoms with van der Waals surface area (Å²) in [5.74, 6) is -0.150. The minimum atomic E-state index is -0.344. The lowest BCUT2D eigenvalue weighted by Gasteiger charge is -2.15. The zero-order valence-electron chi connectivity index (χ0n) is 15.9. The molecule has 0 bridgehead atoms. The van der Waals surface area contributed by atoms with Gasteiger partial charge in [-0.25, -0.2) is 4.79 Å². The van der Waals surface area contributed by atoms with Crippen molar-refractivity contribution < 1.29 is 19.1 Å². The summed E-state index contributed by atoms with van der Waals surface area (Å²) in [5, 5.41) is 0. The van der Waals surface area contributed by atoms with Gasteiger partial charge < -0.3 is 14.3 Å². The first-order valence-electron chi connectivity index (χ1n) is 9.48. The Morgan fingerprint density at radius 3 is 2.41 bits per heavy atom. The lowest BCUT2D eigenvalue weighted by Crippen LogP contribution is -2.04. The molecule has 0 aliphatic rings. The fourth-order valence-corrected chi connectivity index (χ4v) is 3.08. The van der Waals surface area contributed by atoms with Crippen molar-refractivity contribution in [1.29, 1.82) is 0 Å². The third kappa shape index (κ3) is 7.35. The number of carbonyl (C=O) groups excluding carboxylic acids is 2. The molecular formula is C23H28O4. The largest absolute Gasteiger partial charge is 0.465 e. The van der Waals surface area contributed by atoms with Gasteiger partial charge >= 0.3 is 5.97 Å². The van der Waals surface area contributed by atoms with Crippen molar-refractivity contribution in [2.75, 3.05) is 13.7 Å². The molecule has 0 spiro atoms. The molecule has 2 rings (SSSR count). The van der Waals surface area contributed by atoms with E-state index in [1.165, 1.54) is 12.7 Å². The quantitative estimate of drug-likeness (QED) is 0.303. The lowest BCUT2D eigenvalue weighted by atomic mass is 9.90. The van der Waals surface area contributed by atoms with Gasteiger partial charge in [-0.1, -0.05) is 55.3 Å². The van der Waals surface area contributed by atoms with E-state index in [0.717, 1.165) is 44.1 Å². The van der Waals surface area contributed by atoms with E-state index in [1.54, 1.807) is 12.1 Å². The van der Waals surface area contributed by atoms with Crippen LogP contribution in [0.25, 0.3) is 0 Å². The molecule has 2 aromatic carbocycles. The first kappa shape index (κ1) is 20.8. The van der Waals surface area contributed by atoms with Crippen LogP contribution in [-0.2, 0) is 20.9 Å². The van der Waals surface area contributed by atoms with E-state index in [-0.39, 0.29) is 11.9 Å². The zero-order chi connectivity index (χ0) is 19.3. The summed E-state index contributed by atoms with van der Waals surface area (Å²) in [6, 6.07) is 17.5. The van der Waals surface area contributed by atoms with E-state index in [2.05, 4.69) is 12.1 Å². The Morgan fingerprint density at radius 1 is 1.00 bits per heavy atom. The molecule has 144 valence electrons. The number of esters is 1. The summed E-state index contributed by atoms with van der Waals surface area (Å²) >= 11 is 0. The standard InChI is InChI=1S/C23H28O4/c1-26-23(25)22-13-11-21(12-14-22)20(15-16-24)10-6-3-7-17-27-18-19-8-4-2-5-9-19/h2,4-5,8-9,11-14,16,20H,3,6-7,10,15,17-18H2,1H3. The second-order valence-electron chi connectivity index (χ2n) is 6.60. The molecule has 0 N–H and O–H groups in total. The van der Waals surface area contributed by atoms with Crippen molar-refractivity contribution in [3.8, 4) is 0 Å². The van der Waals surface area contributed by atoms with E-state index in [9.17, 15) is 9.59 Å². The lowest BCUT2D eigenvalue weighted by molar-refractivity contribution is -0.108. The van der Waals surface area contributed by atoms with Gasteiger partial charge in [-0.3, -0.25) is 0 Å². The summed E-state index contributed by atoms with van der Waals surface area (Å²) in [6.45, 7) is 1.40. The Bertz CT molecular complexity index is 679. The summed E-state index contributed by atoms with van der Waals surface area (Å²) < 4.78 is 10.4. The zero-order valence-corrected chi connectivity index (χ0v) is 15.9. The molecule has 0 aliphatic heterocycles. The van der Waals surface area contributed by atoms with Crippen LogP contribution < -0.4 is 0 Å². The van der Waals surface area contributed by atoms with Crippen LogP contribution >= 0.6 is 0 Å². The molecule has 0 saturated carbocycles. The molecule has 1 unspecified atom stereocenters. The van der Waals surface area contributed by atoms with Crippen LogP contribution in [0.4, 0.5) is 0 Å². The number of aldehydes is 1. The van der Waals surface area contributed by atoms with Crippen LogP contribution in [0, 0.1) is 0 Å². The molecule has 4 nitrogen and oxygen atoms in total. The number of benzene rings is 2. The molecule has 0 fully saturated rings. The van der Waals surface area contributed by atoms with E-state index < -0.39 is 0 Å². The van der Waals surface area contributed by atoms with Crippen molar-refractivity contribution in [2.24, 2.45) is 0 Å². The van der Waals surface area contributed by atoms with Gasteiger partial charge in [0.05, 0.1) is 19.3 Å². The number of rotatable bonds is 12. The minimum Gasteiger partial charge on any atom is -0.465 e. The van der Waals surface area contributed by atoms with Gasteiger partial charge in [-0.15, -0.1) is 0 Å². The van der Waals surface area contributed by atoms with Crippen LogP contribution in [-0.4, -0.2) is 26.0 Å². The van der Waals surface area contributed by atoms with Crippen molar-refractivity contribution in [1.82, 2.24) is 0 Å². The maximum atomic E-state index is 11.5. The molecule has 4 heteroatoms. The molecular weight excluding hydrogens is 340 g/mol. The highest BCUT2D eigenvalue weighted by Gasteiger charge is 2.12. The first-order valence-corrected chi connectivity index (χ1v) is 9.48. The molecule has 27 heavy (non-hydrogen) atoms. The predicted octanol–water partition coefficient (Wildman–Crippen LogP) is 4.92. The molecule has 0 amide bonds. The fraction of sp³-hybridized carbons (Fsp3) is 0.391. The number of methoxy groups -OCH3 is 1. The van der Waals surface area contributed by atoms with E-state index >= 15 is 0 Å². The van der Waals surface area contributed by atoms with E-state index in [1.807, 2.05) is 30.3 Å². The van der Waals surface area contributed by atoms with Crippen molar-refractivity contribution in [3.63, 3.8) is 0 Å². The van der Waals surface area contributed by atoms with Crippen molar-refractivity contribution in [3.05, 3.63) is 71.3 Å². The molecule has 2 aromatic rings.